The number of carbonyl (C=O) groups is 1. The van der Waals surface area contributed by atoms with Crippen molar-refractivity contribution in [1.29, 1.82) is 0 Å². The van der Waals surface area contributed by atoms with Gasteiger partial charge in [0.1, 0.15) is 5.75 Å². The summed E-state index contributed by atoms with van der Waals surface area (Å²) < 4.78 is 27.1. The van der Waals surface area contributed by atoms with E-state index in [-0.39, 0.29) is 28.8 Å². The highest BCUT2D eigenvalue weighted by atomic mass is 79.9. The smallest absolute Gasteiger partial charge is 0.306 e. The third-order valence-corrected chi connectivity index (χ3v) is 3.40. The first-order valence-corrected chi connectivity index (χ1v) is 7.50. The number of amides is 1. The van der Waals surface area contributed by atoms with E-state index in [0.717, 1.165) is 6.26 Å². The first-order chi connectivity index (χ1) is 8.20. The quantitative estimate of drug-likeness (QED) is 0.776. The van der Waals surface area contributed by atoms with Gasteiger partial charge < -0.3 is 15.0 Å². The molecule has 0 unspecified atom stereocenters. The number of aromatic hydroxyl groups is 1. The zero-order valence-corrected chi connectivity index (χ0v) is 11.9. The maximum Gasteiger partial charge on any atom is 0.306 e. The molecular formula is C10H12BrNO5S. The molecule has 0 aromatic heterocycles. The van der Waals surface area contributed by atoms with Crippen LogP contribution in [-0.4, -0.2) is 25.7 Å². The lowest BCUT2D eigenvalue weighted by Gasteiger charge is -2.11. The largest absolute Gasteiger partial charge is 0.508 e. The van der Waals surface area contributed by atoms with Crippen LogP contribution in [0, 0.1) is 0 Å². The fourth-order valence-electron chi connectivity index (χ4n) is 1.30. The van der Waals surface area contributed by atoms with Gasteiger partial charge in [-0.25, -0.2) is 0 Å². The lowest BCUT2D eigenvalue weighted by molar-refractivity contribution is -0.117. The van der Waals surface area contributed by atoms with Gasteiger partial charge in [0, 0.05) is 12.0 Å². The molecule has 3 N–H and O–H groups in total. The van der Waals surface area contributed by atoms with Crippen LogP contribution in [0.5, 0.6) is 11.5 Å². The number of hydrogen-bond donors (Lipinski definition) is 2. The van der Waals surface area contributed by atoms with Crippen LogP contribution in [0.15, 0.2) is 16.6 Å². The summed E-state index contributed by atoms with van der Waals surface area (Å²) in [5.74, 6) is -0.533. The summed E-state index contributed by atoms with van der Waals surface area (Å²) in [6.45, 7) is 0. The number of nitrogens with two attached hydrogens (primary N) is 1. The van der Waals surface area contributed by atoms with E-state index in [9.17, 15) is 18.3 Å². The topological polar surface area (TPSA) is 107 Å². The van der Waals surface area contributed by atoms with Crippen molar-refractivity contribution in [2.75, 3.05) is 6.26 Å². The zero-order valence-electron chi connectivity index (χ0n) is 9.51. The van der Waals surface area contributed by atoms with E-state index >= 15 is 0 Å². The van der Waals surface area contributed by atoms with E-state index in [1.165, 1.54) is 12.1 Å². The molecule has 100 valence electrons. The summed E-state index contributed by atoms with van der Waals surface area (Å²) in [6, 6.07) is 2.61. The van der Waals surface area contributed by atoms with Crippen LogP contribution in [0.4, 0.5) is 0 Å². The molecule has 18 heavy (non-hydrogen) atoms. The number of hydrogen-bond acceptors (Lipinski definition) is 5. The number of benzene rings is 1. The molecule has 6 nitrogen and oxygen atoms in total. The van der Waals surface area contributed by atoms with Crippen molar-refractivity contribution < 1.29 is 22.5 Å². The van der Waals surface area contributed by atoms with Crippen molar-refractivity contribution in [3.05, 3.63) is 22.2 Å². The normalized spacial score (nSPS) is 11.2. The molecule has 0 aliphatic rings. The summed E-state index contributed by atoms with van der Waals surface area (Å²) in [4.78, 5) is 10.7. The summed E-state index contributed by atoms with van der Waals surface area (Å²) >= 11 is 3.13. The van der Waals surface area contributed by atoms with Crippen LogP contribution in [0.3, 0.4) is 0 Å². The highest BCUT2D eigenvalue weighted by Crippen LogP contribution is 2.35. The van der Waals surface area contributed by atoms with Gasteiger partial charge in [-0.05, 0) is 34.5 Å². The molecule has 1 aromatic carbocycles. The zero-order chi connectivity index (χ0) is 13.9. The molecule has 1 aromatic rings. The predicted octanol–water partition coefficient (Wildman–Crippen LogP) is 0.911. The maximum absolute atomic E-state index is 11.0. The second-order valence-corrected chi connectivity index (χ2v) is 6.00. The third-order valence-electron chi connectivity index (χ3n) is 2.05. The highest BCUT2D eigenvalue weighted by molar-refractivity contribution is 9.10. The molecule has 0 fully saturated rings. The van der Waals surface area contributed by atoms with Gasteiger partial charge in [-0.1, -0.05) is 0 Å². The lowest BCUT2D eigenvalue weighted by atomic mass is 10.1. The van der Waals surface area contributed by atoms with E-state index in [2.05, 4.69) is 15.9 Å². The van der Waals surface area contributed by atoms with Crippen LogP contribution < -0.4 is 9.92 Å². The molecule has 0 aliphatic carbocycles. The minimum Gasteiger partial charge on any atom is -0.508 e. The van der Waals surface area contributed by atoms with Crippen molar-refractivity contribution in [3.63, 3.8) is 0 Å². The van der Waals surface area contributed by atoms with Gasteiger partial charge >= 0.3 is 10.1 Å². The third kappa shape index (κ3) is 4.19. The number of halogens is 1. The van der Waals surface area contributed by atoms with Gasteiger partial charge in [0.05, 0.1) is 10.7 Å². The Hall–Kier alpha value is -1.28. The lowest BCUT2D eigenvalue weighted by Crippen LogP contribution is -2.12. The number of phenols is 1. The van der Waals surface area contributed by atoms with Crippen LogP contribution in [0.2, 0.25) is 0 Å². The minimum absolute atomic E-state index is 0.0362. The fraction of sp³-hybridized carbons (Fsp3) is 0.300. The standard InChI is InChI=1S/C10H12BrNO5S/c1-18(15,16)17-8-4-3-7(13)6(10(8)11)2-5-9(12)14/h3-4,13H,2,5H2,1H3,(H2,12,14). The van der Waals surface area contributed by atoms with E-state index in [0.29, 0.717) is 5.56 Å². The second kappa shape index (κ2) is 5.57. The molecule has 1 rings (SSSR count). The van der Waals surface area contributed by atoms with E-state index in [4.69, 9.17) is 9.92 Å². The first kappa shape index (κ1) is 14.8. The molecule has 0 aliphatic heterocycles. The Morgan fingerprint density at radius 1 is 1.50 bits per heavy atom. The van der Waals surface area contributed by atoms with Gasteiger partial charge in [0.25, 0.3) is 0 Å². The van der Waals surface area contributed by atoms with Crippen molar-refractivity contribution in [1.82, 2.24) is 0 Å². The van der Waals surface area contributed by atoms with Crippen LogP contribution in [0.1, 0.15) is 12.0 Å². The number of primary amides is 1. The molecule has 0 saturated heterocycles. The second-order valence-electron chi connectivity index (χ2n) is 3.63. The number of carbonyl (C=O) groups excluding carboxylic acids is 1. The number of phenolic OH excluding ortho intramolecular Hbond substituents is 1. The van der Waals surface area contributed by atoms with E-state index in [1.54, 1.807) is 0 Å². The molecular weight excluding hydrogens is 326 g/mol. The van der Waals surface area contributed by atoms with E-state index < -0.39 is 16.0 Å². The Bertz CT molecular complexity index is 570. The van der Waals surface area contributed by atoms with Gasteiger partial charge in [-0.3, -0.25) is 4.79 Å². The molecule has 0 bridgehead atoms. The van der Waals surface area contributed by atoms with Gasteiger partial charge in [-0.2, -0.15) is 8.42 Å². The molecule has 0 atom stereocenters. The van der Waals surface area contributed by atoms with Gasteiger partial charge in [-0.15, -0.1) is 0 Å². The molecule has 0 saturated carbocycles. The monoisotopic (exact) mass is 337 g/mol. The van der Waals surface area contributed by atoms with Crippen LogP contribution in [0.25, 0.3) is 0 Å². The molecule has 0 radical (unpaired) electrons. The van der Waals surface area contributed by atoms with Crippen molar-refractivity contribution >= 4 is 32.0 Å². The van der Waals surface area contributed by atoms with Crippen LogP contribution in [-0.2, 0) is 21.3 Å². The SMILES string of the molecule is CS(=O)(=O)Oc1ccc(O)c(CCC(N)=O)c1Br. The minimum atomic E-state index is -3.66. The first-order valence-electron chi connectivity index (χ1n) is 4.89. The van der Waals surface area contributed by atoms with Crippen molar-refractivity contribution in [2.24, 2.45) is 5.73 Å². The Balaban J connectivity index is 3.10. The van der Waals surface area contributed by atoms with Gasteiger partial charge in [0.15, 0.2) is 5.75 Å². The summed E-state index contributed by atoms with van der Waals surface area (Å²) in [7, 11) is -3.66. The summed E-state index contributed by atoms with van der Waals surface area (Å²) in [5.41, 5.74) is 5.39. The average molecular weight is 338 g/mol. The summed E-state index contributed by atoms with van der Waals surface area (Å²) in [6.07, 6.45) is 1.13. The van der Waals surface area contributed by atoms with Crippen molar-refractivity contribution in [2.45, 2.75) is 12.8 Å². The molecule has 0 heterocycles. The highest BCUT2D eigenvalue weighted by Gasteiger charge is 2.15. The summed E-state index contributed by atoms with van der Waals surface area (Å²) in [5, 5.41) is 9.64. The number of rotatable bonds is 5. The van der Waals surface area contributed by atoms with Crippen molar-refractivity contribution in [3.8, 4) is 11.5 Å². The Morgan fingerprint density at radius 3 is 2.61 bits per heavy atom. The molecule has 0 spiro atoms. The van der Waals surface area contributed by atoms with E-state index in [1.807, 2.05) is 0 Å². The Labute approximate surface area is 113 Å². The maximum atomic E-state index is 11.0. The predicted molar refractivity (Wildman–Crippen MR) is 68.8 cm³/mol. The van der Waals surface area contributed by atoms with Crippen LogP contribution >= 0.6 is 15.9 Å². The Morgan fingerprint density at radius 2 is 2.11 bits per heavy atom. The van der Waals surface area contributed by atoms with Gasteiger partial charge in [0.2, 0.25) is 5.91 Å². The Kier molecular flexibility index (Phi) is 4.58. The fourth-order valence-corrected chi connectivity index (χ4v) is 2.49. The molecule has 1 amide bonds. The average Bonchev–Trinajstić information content (AvgIpc) is 2.20. The molecule has 8 heteroatoms.